The Morgan fingerprint density at radius 3 is 2.37 bits per heavy atom. The second kappa shape index (κ2) is 9.56. The van der Waals surface area contributed by atoms with Crippen LogP contribution in [0.15, 0.2) is 30.3 Å². The Kier molecular flexibility index (Phi) is 7.91. The second-order valence-electron chi connectivity index (χ2n) is 4.59. The van der Waals surface area contributed by atoms with Gasteiger partial charge in [-0.3, -0.25) is 0 Å². The summed E-state index contributed by atoms with van der Waals surface area (Å²) in [7, 11) is 0. The summed E-state index contributed by atoms with van der Waals surface area (Å²) in [5, 5.41) is 0. The lowest BCUT2D eigenvalue weighted by atomic mass is 10.2. The highest BCUT2D eigenvalue weighted by molar-refractivity contribution is 5.89. The molecule has 0 aliphatic carbocycles. The molecule has 1 rings (SSSR count). The van der Waals surface area contributed by atoms with Crippen LogP contribution in [0.2, 0.25) is 0 Å². The van der Waals surface area contributed by atoms with Gasteiger partial charge in [-0.1, -0.05) is 32.0 Å². The van der Waals surface area contributed by atoms with Gasteiger partial charge in [0, 0.05) is 0 Å². The lowest BCUT2D eigenvalue weighted by Crippen LogP contribution is -2.23. The predicted molar refractivity (Wildman–Crippen MR) is 78.4 cm³/mol. The quantitative estimate of drug-likeness (QED) is 0.505. The summed E-state index contributed by atoms with van der Waals surface area (Å²) < 4.78 is 5.24. The molecule has 0 fully saturated rings. The number of carbonyl (C=O) groups is 1. The first-order valence-corrected chi connectivity index (χ1v) is 7.22. The molecule has 0 aliphatic heterocycles. The predicted octanol–water partition coefficient (Wildman–Crippen LogP) is 3.36. The lowest BCUT2D eigenvalue weighted by molar-refractivity contribution is 0.0497. The molecule has 0 bridgehead atoms. The van der Waals surface area contributed by atoms with E-state index in [0.717, 1.165) is 32.5 Å². The fraction of sp³-hybridized carbons (Fsp3) is 0.562. The summed E-state index contributed by atoms with van der Waals surface area (Å²) in [4.78, 5) is 14.1. The summed E-state index contributed by atoms with van der Waals surface area (Å²) >= 11 is 0. The Morgan fingerprint density at radius 1 is 1.05 bits per heavy atom. The minimum atomic E-state index is -0.218. The molecule has 19 heavy (non-hydrogen) atoms. The van der Waals surface area contributed by atoms with Crippen LogP contribution in [0.3, 0.4) is 0 Å². The smallest absolute Gasteiger partial charge is 0.338 e. The molecule has 0 N–H and O–H groups in total. The average molecular weight is 263 g/mol. The number of rotatable bonds is 9. The van der Waals surface area contributed by atoms with Crippen LogP contribution in [0, 0.1) is 0 Å². The molecular weight excluding hydrogens is 238 g/mol. The van der Waals surface area contributed by atoms with Crippen molar-refractivity contribution in [2.24, 2.45) is 0 Å². The van der Waals surface area contributed by atoms with E-state index in [1.54, 1.807) is 12.1 Å². The van der Waals surface area contributed by atoms with Gasteiger partial charge in [-0.15, -0.1) is 0 Å². The largest absolute Gasteiger partial charge is 0.462 e. The van der Waals surface area contributed by atoms with Gasteiger partial charge in [-0.2, -0.15) is 0 Å². The van der Waals surface area contributed by atoms with Crippen molar-refractivity contribution in [1.29, 1.82) is 0 Å². The zero-order chi connectivity index (χ0) is 13.9. The van der Waals surface area contributed by atoms with Gasteiger partial charge in [0.2, 0.25) is 0 Å². The third-order valence-electron chi connectivity index (χ3n) is 3.26. The Bertz CT molecular complexity index is 347. The molecule has 0 heterocycles. The molecule has 0 saturated heterocycles. The topological polar surface area (TPSA) is 29.5 Å². The van der Waals surface area contributed by atoms with Crippen LogP contribution in [0.25, 0.3) is 0 Å². The Hall–Kier alpha value is -1.35. The van der Waals surface area contributed by atoms with E-state index in [1.807, 2.05) is 18.2 Å². The number of ether oxygens (including phenoxy) is 1. The van der Waals surface area contributed by atoms with Crippen molar-refractivity contribution >= 4 is 5.97 Å². The number of hydrogen-bond donors (Lipinski definition) is 0. The second-order valence-corrected chi connectivity index (χ2v) is 4.59. The number of carbonyl (C=O) groups excluding carboxylic acids is 1. The highest BCUT2D eigenvalue weighted by Gasteiger charge is 2.05. The van der Waals surface area contributed by atoms with Crippen molar-refractivity contribution in [2.45, 2.75) is 33.1 Å². The molecule has 1 aromatic rings. The number of nitrogens with zero attached hydrogens (tertiary/aromatic N) is 1. The van der Waals surface area contributed by atoms with E-state index in [9.17, 15) is 4.79 Å². The Labute approximate surface area is 116 Å². The van der Waals surface area contributed by atoms with Crippen molar-refractivity contribution in [1.82, 2.24) is 4.90 Å². The standard InChI is InChI=1S/C16H25NO2/c1-3-17(4-2)13-9-6-10-14-19-16(18)15-11-7-5-8-12-15/h5,7-8,11-12H,3-4,6,9-10,13-14H2,1-2H3. The SMILES string of the molecule is CCN(CC)CCCCCOC(=O)c1ccccc1. The van der Waals surface area contributed by atoms with E-state index >= 15 is 0 Å². The molecule has 0 amide bonds. The molecule has 0 spiro atoms. The highest BCUT2D eigenvalue weighted by atomic mass is 16.5. The summed E-state index contributed by atoms with van der Waals surface area (Å²) in [6.45, 7) is 8.25. The van der Waals surface area contributed by atoms with Gasteiger partial charge < -0.3 is 9.64 Å². The van der Waals surface area contributed by atoms with Crippen LogP contribution < -0.4 is 0 Å². The lowest BCUT2D eigenvalue weighted by Gasteiger charge is -2.17. The van der Waals surface area contributed by atoms with E-state index in [-0.39, 0.29) is 5.97 Å². The monoisotopic (exact) mass is 263 g/mol. The van der Waals surface area contributed by atoms with E-state index < -0.39 is 0 Å². The third kappa shape index (κ3) is 6.39. The minimum Gasteiger partial charge on any atom is -0.462 e. The van der Waals surface area contributed by atoms with E-state index in [4.69, 9.17) is 4.74 Å². The number of unbranched alkanes of at least 4 members (excludes halogenated alkanes) is 2. The van der Waals surface area contributed by atoms with Crippen LogP contribution in [-0.2, 0) is 4.74 Å². The van der Waals surface area contributed by atoms with Gasteiger partial charge in [-0.05, 0) is 51.0 Å². The molecule has 1 aromatic carbocycles. The van der Waals surface area contributed by atoms with Crippen molar-refractivity contribution in [3.8, 4) is 0 Å². The molecule has 0 aliphatic rings. The first kappa shape index (κ1) is 15.7. The number of benzene rings is 1. The van der Waals surface area contributed by atoms with Crippen LogP contribution in [0.5, 0.6) is 0 Å². The fourth-order valence-electron chi connectivity index (χ4n) is 1.98. The van der Waals surface area contributed by atoms with Crippen molar-refractivity contribution < 1.29 is 9.53 Å². The van der Waals surface area contributed by atoms with Gasteiger partial charge in [-0.25, -0.2) is 4.79 Å². The summed E-state index contributed by atoms with van der Waals surface area (Å²) in [5.74, 6) is -0.218. The third-order valence-corrected chi connectivity index (χ3v) is 3.26. The van der Waals surface area contributed by atoms with E-state index in [1.165, 1.54) is 6.42 Å². The van der Waals surface area contributed by atoms with Crippen molar-refractivity contribution in [3.63, 3.8) is 0 Å². The Balaban J connectivity index is 2.07. The maximum atomic E-state index is 11.6. The van der Waals surface area contributed by atoms with Gasteiger partial charge in [0.1, 0.15) is 0 Å². The fourth-order valence-corrected chi connectivity index (χ4v) is 1.98. The Morgan fingerprint density at radius 2 is 1.74 bits per heavy atom. The first-order chi connectivity index (χ1) is 9.27. The molecular formula is C16H25NO2. The molecule has 0 radical (unpaired) electrons. The molecule has 0 atom stereocenters. The molecule has 0 aromatic heterocycles. The van der Waals surface area contributed by atoms with Crippen LogP contribution in [0.4, 0.5) is 0 Å². The highest BCUT2D eigenvalue weighted by Crippen LogP contribution is 2.03. The normalized spacial score (nSPS) is 10.7. The first-order valence-electron chi connectivity index (χ1n) is 7.22. The summed E-state index contributed by atoms with van der Waals surface area (Å²) in [6, 6.07) is 9.15. The van der Waals surface area contributed by atoms with E-state index in [0.29, 0.717) is 12.2 Å². The van der Waals surface area contributed by atoms with Gasteiger partial charge in [0.25, 0.3) is 0 Å². The zero-order valence-corrected chi connectivity index (χ0v) is 12.1. The molecule has 0 saturated carbocycles. The molecule has 0 unspecified atom stereocenters. The van der Waals surface area contributed by atoms with Crippen molar-refractivity contribution in [3.05, 3.63) is 35.9 Å². The molecule has 3 heteroatoms. The van der Waals surface area contributed by atoms with Crippen LogP contribution in [-0.4, -0.2) is 37.1 Å². The van der Waals surface area contributed by atoms with E-state index in [2.05, 4.69) is 18.7 Å². The maximum absolute atomic E-state index is 11.6. The molecule has 3 nitrogen and oxygen atoms in total. The maximum Gasteiger partial charge on any atom is 0.338 e. The summed E-state index contributed by atoms with van der Waals surface area (Å²) in [5.41, 5.74) is 0.630. The van der Waals surface area contributed by atoms with Gasteiger partial charge in [0.15, 0.2) is 0 Å². The number of hydrogen-bond acceptors (Lipinski definition) is 3. The number of esters is 1. The van der Waals surface area contributed by atoms with Gasteiger partial charge >= 0.3 is 5.97 Å². The zero-order valence-electron chi connectivity index (χ0n) is 12.1. The average Bonchev–Trinajstić information content (AvgIpc) is 2.47. The minimum absolute atomic E-state index is 0.218. The molecule has 106 valence electrons. The summed E-state index contributed by atoms with van der Waals surface area (Å²) in [6.07, 6.45) is 3.23. The van der Waals surface area contributed by atoms with Crippen LogP contribution >= 0.6 is 0 Å². The van der Waals surface area contributed by atoms with Crippen molar-refractivity contribution in [2.75, 3.05) is 26.2 Å². The van der Waals surface area contributed by atoms with Gasteiger partial charge in [0.05, 0.1) is 12.2 Å². The van der Waals surface area contributed by atoms with Crippen LogP contribution in [0.1, 0.15) is 43.5 Å².